The maximum absolute atomic E-state index is 11.2. The fourth-order valence-corrected chi connectivity index (χ4v) is 0.987. The Kier molecular flexibility index (Phi) is 4.62. The first-order valence-corrected chi connectivity index (χ1v) is 4.81. The van der Waals surface area contributed by atoms with Crippen molar-refractivity contribution >= 4 is 5.97 Å². The van der Waals surface area contributed by atoms with Crippen molar-refractivity contribution in [3.63, 3.8) is 0 Å². The molecule has 1 heterocycles. The number of hydrogen-bond donors (Lipinski definition) is 1. The van der Waals surface area contributed by atoms with Gasteiger partial charge in [0.2, 0.25) is 0 Å². The van der Waals surface area contributed by atoms with Gasteiger partial charge in [0.05, 0.1) is 6.61 Å². The zero-order chi connectivity index (χ0) is 10.4. The van der Waals surface area contributed by atoms with Crippen LogP contribution < -0.4 is 0 Å². The molecule has 0 spiro atoms. The largest absolute Gasteiger partial charge is 0.459 e. The highest BCUT2D eigenvalue weighted by atomic mass is 16.6. The lowest BCUT2D eigenvalue weighted by atomic mass is 10.1. The molecule has 0 bridgehead atoms. The van der Waals surface area contributed by atoms with Gasteiger partial charge in [0.1, 0.15) is 12.7 Å². The normalized spacial score (nSPS) is 19.1. The van der Waals surface area contributed by atoms with E-state index in [-0.39, 0.29) is 18.7 Å². The van der Waals surface area contributed by atoms with Crippen LogP contribution in [0.1, 0.15) is 19.3 Å². The molecule has 80 valence electrons. The van der Waals surface area contributed by atoms with Gasteiger partial charge in [-0.3, -0.25) is 0 Å². The SMILES string of the molecule is C=C(CCCCO)C(=O)OCC1CO1. The van der Waals surface area contributed by atoms with Crippen LogP contribution in [0.4, 0.5) is 0 Å². The lowest BCUT2D eigenvalue weighted by Crippen LogP contribution is -2.11. The van der Waals surface area contributed by atoms with Crippen molar-refractivity contribution in [1.29, 1.82) is 0 Å². The summed E-state index contributed by atoms with van der Waals surface area (Å²) in [6.07, 6.45) is 2.15. The van der Waals surface area contributed by atoms with Crippen molar-refractivity contribution in [2.24, 2.45) is 0 Å². The predicted octanol–water partition coefficient (Wildman–Crippen LogP) is 0.647. The summed E-state index contributed by atoms with van der Waals surface area (Å²) in [6, 6.07) is 0. The van der Waals surface area contributed by atoms with Crippen molar-refractivity contribution < 1.29 is 19.4 Å². The summed E-state index contributed by atoms with van der Waals surface area (Å²) < 4.78 is 9.83. The molecule has 1 rings (SSSR count). The molecule has 1 fully saturated rings. The highest BCUT2D eigenvalue weighted by Gasteiger charge is 2.24. The number of unbranched alkanes of at least 4 members (excludes halogenated alkanes) is 1. The van der Waals surface area contributed by atoms with Gasteiger partial charge in [-0.25, -0.2) is 4.79 Å². The fourth-order valence-electron chi connectivity index (χ4n) is 0.987. The Morgan fingerprint density at radius 2 is 2.29 bits per heavy atom. The minimum absolute atomic E-state index is 0.101. The van der Waals surface area contributed by atoms with Crippen LogP contribution in [-0.2, 0) is 14.3 Å². The Morgan fingerprint density at radius 1 is 1.57 bits per heavy atom. The third kappa shape index (κ3) is 4.39. The van der Waals surface area contributed by atoms with Crippen molar-refractivity contribution in [3.8, 4) is 0 Å². The van der Waals surface area contributed by atoms with Gasteiger partial charge in [-0.1, -0.05) is 6.58 Å². The van der Waals surface area contributed by atoms with Crippen LogP contribution in [0, 0.1) is 0 Å². The van der Waals surface area contributed by atoms with Crippen molar-refractivity contribution in [3.05, 3.63) is 12.2 Å². The zero-order valence-corrected chi connectivity index (χ0v) is 8.20. The molecule has 1 atom stereocenters. The average Bonchev–Trinajstić information content (AvgIpc) is 2.98. The van der Waals surface area contributed by atoms with E-state index in [0.717, 1.165) is 6.42 Å². The molecular formula is C10H16O4. The molecule has 0 aromatic carbocycles. The maximum atomic E-state index is 11.2. The van der Waals surface area contributed by atoms with Crippen molar-refractivity contribution in [2.75, 3.05) is 19.8 Å². The first-order valence-electron chi connectivity index (χ1n) is 4.81. The summed E-state index contributed by atoms with van der Waals surface area (Å²) in [6.45, 7) is 4.79. The number of aliphatic hydroxyl groups excluding tert-OH is 1. The van der Waals surface area contributed by atoms with Gasteiger partial charge in [0.15, 0.2) is 0 Å². The van der Waals surface area contributed by atoms with Gasteiger partial charge in [0, 0.05) is 12.2 Å². The van der Waals surface area contributed by atoms with Gasteiger partial charge < -0.3 is 14.6 Å². The average molecular weight is 200 g/mol. The molecule has 1 N–H and O–H groups in total. The van der Waals surface area contributed by atoms with Gasteiger partial charge in [-0.2, -0.15) is 0 Å². The van der Waals surface area contributed by atoms with Crippen LogP contribution in [0.2, 0.25) is 0 Å². The number of aliphatic hydroxyl groups is 1. The quantitative estimate of drug-likeness (QED) is 0.284. The van der Waals surface area contributed by atoms with E-state index in [4.69, 9.17) is 14.6 Å². The second-order valence-corrected chi connectivity index (χ2v) is 3.34. The topological polar surface area (TPSA) is 59.1 Å². The minimum atomic E-state index is -0.349. The molecule has 0 aromatic heterocycles. The van der Waals surface area contributed by atoms with E-state index in [1.807, 2.05) is 0 Å². The Labute approximate surface area is 83.5 Å². The maximum Gasteiger partial charge on any atom is 0.333 e. The molecule has 0 amide bonds. The first-order chi connectivity index (χ1) is 6.74. The minimum Gasteiger partial charge on any atom is -0.459 e. The molecule has 0 aromatic rings. The number of hydrogen-bond acceptors (Lipinski definition) is 4. The van der Waals surface area contributed by atoms with E-state index in [1.165, 1.54) is 0 Å². The Balaban J connectivity index is 2.05. The summed E-state index contributed by atoms with van der Waals surface area (Å²) in [5.41, 5.74) is 0.471. The number of rotatable bonds is 7. The number of carbonyl (C=O) groups is 1. The molecule has 0 radical (unpaired) electrons. The molecule has 4 heteroatoms. The third-order valence-electron chi connectivity index (χ3n) is 1.98. The molecule has 4 nitrogen and oxygen atoms in total. The smallest absolute Gasteiger partial charge is 0.333 e. The van der Waals surface area contributed by atoms with Gasteiger partial charge in [0.25, 0.3) is 0 Å². The summed E-state index contributed by atoms with van der Waals surface area (Å²) in [5, 5.41) is 8.54. The van der Waals surface area contributed by atoms with E-state index < -0.39 is 0 Å². The molecule has 14 heavy (non-hydrogen) atoms. The second-order valence-electron chi connectivity index (χ2n) is 3.34. The van der Waals surface area contributed by atoms with Crippen LogP contribution in [-0.4, -0.2) is 37.0 Å². The Morgan fingerprint density at radius 3 is 2.86 bits per heavy atom. The lowest BCUT2D eigenvalue weighted by Gasteiger charge is -2.04. The van der Waals surface area contributed by atoms with Crippen LogP contribution in [0.3, 0.4) is 0 Å². The van der Waals surface area contributed by atoms with Crippen LogP contribution in [0.25, 0.3) is 0 Å². The van der Waals surface area contributed by atoms with Crippen LogP contribution >= 0.6 is 0 Å². The molecule has 0 saturated carbocycles. The van der Waals surface area contributed by atoms with E-state index in [9.17, 15) is 4.79 Å². The number of esters is 1. The van der Waals surface area contributed by atoms with Crippen molar-refractivity contribution in [1.82, 2.24) is 0 Å². The second kappa shape index (κ2) is 5.78. The highest BCUT2D eigenvalue weighted by Crippen LogP contribution is 2.11. The monoisotopic (exact) mass is 200 g/mol. The summed E-state index contributed by atoms with van der Waals surface area (Å²) in [5.74, 6) is -0.349. The lowest BCUT2D eigenvalue weighted by molar-refractivity contribution is -0.139. The summed E-state index contributed by atoms with van der Waals surface area (Å²) in [4.78, 5) is 11.2. The number of ether oxygens (including phenoxy) is 2. The Bertz CT molecular complexity index is 208. The summed E-state index contributed by atoms with van der Waals surface area (Å²) in [7, 11) is 0. The summed E-state index contributed by atoms with van der Waals surface area (Å²) >= 11 is 0. The number of epoxide rings is 1. The standard InChI is InChI=1S/C10H16O4/c1-8(4-2-3-5-11)10(12)14-7-9-6-13-9/h9,11H,1-7H2. The van der Waals surface area contributed by atoms with Crippen LogP contribution in [0.5, 0.6) is 0 Å². The van der Waals surface area contributed by atoms with Gasteiger partial charge in [-0.05, 0) is 19.3 Å². The van der Waals surface area contributed by atoms with E-state index in [2.05, 4.69) is 6.58 Å². The van der Waals surface area contributed by atoms with E-state index in [1.54, 1.807) is 0 Å². The zero-order valence-electron chi connectivity index (χ0n) is 8.20. The number of carbonyl (C=O) groups excluding carboxylic acids is 1. The third-order valence-corrected chi connectivity index (χ3v) is 1.98. The Hall–Kier alpha value is -0.870. The van der Waals surface area contributed by atoms with E-state index in [0.29, 0.717) is 31.6 Å². The predicted molar refractivity (Wildman–Crippen MR) is 50.8 cm³/mol. The molecule has 0 aliphatic carbocycles. The highest BCUT2D eigenvalue weighted by molar-refractivity contribution is 5.87. The molecular weight excluding hydrogens is 184 g/mol. The van der Waals surface area contributed by atoms with Crippen molar-refractivity contribution in [2.45, 2.75) is 25.4 Å². The first kappa shape index (κ1) is 11.2. The molecule has 1 unspecified atom stereocenters. The van der Waals surface area contributed by atoms with Gasteiger partial charge in [-0.15, -0.1) is 0 Å². The molecule has 1 aliphatic rings. The van der Waals surface area contributed by atoms with Gasteiger partial charge >= 0.3 is 5.97 Å². The van der Waals surface area contributed by atoms with E-state index >= 15 is 0 Å². The molecule has 1 saturated heterocycles. The molecule has 1 aliphatic heterocycles. The fraction of sp³-hybridized carbons (Fsp3) is 0.700. The van der Waals surface area contributed by atoms with Crippen LogP contribution in [0.15, 0.2) is 12.2 Å².